The van der Waals surface area contributed by atoms with Crippen molar-refractivity contribution in [2.45, 2.75) is 153 Å². The maximum absolute atomic E-state index is 12.6. The van der Waals surface area contributed by atoms with Gasteiger partial charge in [-0.05, 0) is 57.8 Å². The van der Waals surface area contributed by atoms with Crippen molar-refractivity contribution >= 4 is 11.9 Å². The van der Waals surface area contributed by atoms with Crippen LogP contribution in [-0.4, -0.2) is 89.0 Å². The Labute approximate surface area is 306 Å². The molecule has 1 saturated heterocycles. The molecule has 51 heavy (non-hydrogen) atoms. The van der Waals surface area contributed by atoms with Crippen LogP contribution in [0.25, 0.3) is 0 Å². The first-order valence-corrected chi connectivity index (χ1v) is 19.0. The average molecular weight is 719 g/mol. The molecule has 0 aromatic carbocycles. The molecule has 0 aliphatic carbocycles. The number of rotatable bonds is 29. The molecule has 4 N–H and O–H groups in total. The van der Waals surface area contributed by atoms with Crippen molar-refractivity contribution in [3.05, 3.63) is 72.9 Å². The third kappa shape index (κ3) is 24.1. The summed E-state index contributed by atoms with van der Waals surface area (Å²) in [7, 11) is 0. The van der Waals surface area contributed by atoms with Crippen molar-refractivity contribution in [3.63, 3.8) is 0 Å². The minimum absolute atomic E-state index is 0.00739. The molecule has 10 nitrogen and oxygen atoms in total. The average Bonchev–Trinajstić information content (AvgIpc) is 3.13. The van der Waals surface area contributed by atoms with Crippen LogP contribution in [0, 0.1) is 0 Å². The monoisotopic (exact) mass is 718 g/mol. The summed E-state index contributed by atoms with van der Waals surface area (Å²) in [5.41, 5.74) is 0. The number of aliphatic hydroxyl groups is 4. The van der Waals surface area contributed by atoms with Gasteiger partial charge in [0, 0.05) is 6.42 Å². The van der Waals surface area contributed by atoms with Crippen LogP contribution in [0.5, 0.6) is 0 Å². The van der Waals surface area contributed by atoms with E-state index in [0.29, 0.717) is 12.8 Å². The van der Waals surface area contributed by atoms with Crippen LogP contribution >= 0.6 is 0 Å². The highest BCUT2D eigenvalue weighted by atomic mass is 16.7. The first-order valence-electron chi connectivity index (χ1n) is 19.0. The lowest BCUT2D eigenvalue weighted by molar-refractivity contribution is -0.305. The van der Waals surface area contributed by atoms with Crippen LogP contribution in [0.1, 0.15) is 117 Å². The summed E-state index contributed by atoms with van der Waals surface area (Å²) >= 11 is 0. The predicted octanol–water partition coefficient (Wildman–Crippen LogP) is 6.88. The van der Waals surface area contributed by atoms with Gasteiger partial charge >= 0.3 is 11.9 Å². The van der Waals surface area contributed by atoms with Crippen molar-refractivity contribution < 1.29 is 49.0 Å². The van der Waals surface area contributed by atoms with Gasteiger partial charge in [0.25, 0.3) is 0 Å². The van der Waals surface area contributed by atoms with E-state index >= 15 is 0 Å². The Bertz CT molecular complexity index is 1060. The number of unbranched alkanes of at least 4 members (excludes halogenated alkanes) is 7. The molecule has 0 aromatic heterocycles. The van der Waals surface area contributed by atoms with E-state index in [1.807, 2.05) is 12.2 Å². The minimum atomic E-state index is -1.61. The van der Waals surface area contributed by atoms with Crippen molar-refractivity contribution in [1.82, 2.24) is 0 Å². The maximum Gasteiger partial charge on any atom is 0.310 e. The first kappa shape index (κ1) is 46.2. The van der Waals surface area contributed by atoms with E-state index in [1.54, 1.807) is 6.08 Å². The summed E-state index contributed by atoms with van der Waals surface area (Å²) in [6.07, 6.45) is 30.9. The molecule has 1 fully saturated rings. The highest BCUT2D eigenvalue weighted by Gasteiger charge is 2.44. The van der Waals surface area contributed by atoms with Crippen LogP contribution < -0.4 is 0 Å². The SMILES string of the molecule is CC/C=C\C/C=C\C/C=C\C/C=C\C/C=C\CC(=O)OC(COC(=O)CCCCCCC/C=C\CCCC)COC1OC(CO)C(O)C(O)C1O. The summed E-state index contributed by atoms with van der Waals surface area (Å²) in [5, 5.41) is 39.9. The standard InChI is InChI=1S/C41H66O10/c1-3-5-7-9-11-13-15-16-17-18-20-22-24-26-28-30-37(44)50-34(33-49-41-40(47)39(46)38(45)35(31-42)51-41)32-48-36(43)29-27-25-23-21-19-14-12-10-8-6-4-2/h5,7,10-13,16-17,20,22,26,28,34-35,38-42,45-47H,3-4,6,8-9,14-15,18-19,21,23-25,27,29-33H2,1-2H3/b7-5-,12-10-,13-11-,17-16-,22-20-,28-26-. The highest BCUT2D eigenvalue weighted by molar-refractivity contribution is 5.71. The molecule has 0 bridgehead atoms. The van der Waals surface area contributed by atoms with Gasteiger partial charge in [0.1, 0.15) is 31.0 Å². The van der Waals surface area contributed by atoms with Crippen molar-refractivity contribution in [3.8, 4) is 0 Å². The Balaban J connectivity index is 2.50. The van der Waals surface area contributed by atoms with Crippen molar-refractivity contribution in [2.75, 3.05) is 19.8 Å². The molecule has 0 spiro atoms. The molecular weight excluding hydrogens is 652 g/mol. The number of carbonyl (C=O) groups excluding carboxylic acids is 2. The Morgan fingerprint density at radius 1 is 0.647 bits per heavy atom. The lowest BCUT2D eigenvalue weighted by Crippen LogP contribution is -2.59. The van der Waals surface area contributed by atoms with Gasteiger partial charge in [-0.3, -0.25) is 9.59 Å². The second-order valence-electron chi connectivity index (χ2n) is 12.7. The van der Waals surface area contributed by atoms with Gasteiger partial charge in [0.15, 0.2) is 12.4 Å². The number of carbonyl (C=O) groups is 2. The number of hydrogen-bond acceptors (Lipinski definition) is 10. The van der Waals surface area contributed by atoms with Gasteiger partial charge in [0.2, 0.25) is 0 Å². The summed E-state index contributed by atoms with van der Waals surface area (Å²) in [4.78, 5) is 25.1. The van der Waals surface area contributed by atoms with Crippen LogP contribution in [-0.2, 0) is 28.5 Å². The molecule has 1 rings (SSSR count). The summed E-state index contributed by atoms with van der Waals surface area (Å²) in [6.45, 7) is 3.12. The zero-order valence-electron chi connectivity index (χ0n) is 31.1. The van der Waals surface area contributed by atoms with Crippen molar-refractivity contribution in [1.29, 1.82) is 0 Å². The second kappa shape index (κ2) is 31.8. The van der Waals surface area contributed by atoms with Gasteiger partial charge in [-0.25, -0.2) is 0 Å². The van der Waals surface area contributed by atoms with Crippen LogP contribution in [0.15, 0.2) is 72.9 Å². The lowest BCUT2D eigenvalue weighted by Gasteiger charge is -2.39. The van der Waals surface area contributed by atoms with Gasteiger partial charge in [-0.2, -0.15) is 0 Å². The third-order valence-corrected chi connectivity index (χ3v) is 8.11. The molecule has 0 saturated carbocycles. The van der Waals surface area contributed by atoms with E-state index in [-0.39, 0.29) is 26.1 Å². The van der Waals surface area contributed by atoms with Crippen LogP contribution in [0.4, 0.5) is 0 Å². The third-order valence-electron chi connectivity index (χ3n) is 8.11. The number of ether oxygens (including phenoxy) is 4. The van der Waals surface area contributed by atoms with Crippen molar-refractivity contribution in [2.24, 2.45) is 0 Å². The van der Waals surface area contributed by atoms with E-state index < -0.39 is 55.4 Å². The van der Waals surface area contributed by atoms with Gasteiger partial charge in [0.05, 0.1) is 19.6 Å². The van der Waals surface area contributed by atoms with E-state index in [9.17, 15) is 30.0 Å². The smallest absolute Gasteiger partial charge is 0.310 e. The topological polar surface area (TPSA) is 152 Å². The minimum Gasteiger partial charge on any atom is -0.462 e. The maximum atomic E-state index is 12.6. The molecule has 0 radical (unpaired) electrons. The van der Waals surface area contributed by atoms with E-state index in [0.717, 1.165) is 64.2 Å². The lowest BCUT2D eigenvalue weighted by atomic mass is 9.99. The van der Waals surface area contributed by atoms with E-state index in [2.05, 4.69) is 68.5 Å². The number of allylic oxidation sites excluding steroid dienone is 11. The zero-order valence-corrected chi connectivity index (χ0v) is 31.1. The normalized spacial score (nSPS) is 22.0. The molecule has 10 heteroatoms. The summed E-state index contributed by atoms with van der Waals surface area (Å²) in [6, 6.07) is 0. The Morgan fingerprint density at radius 2 is 1.22 bits per heavy atom. The summed E-state index contributed by atoms with van der Waals surface area (Å²) < 4.78 is 21.9. The fraction of sp³-hybridized carbons (Fsp3) is 0.659. The molecular formula is C41H66O10. The molecule has 6 unspecified atom stereocenters. The fourth-order valence-electron chi connectivity index (χ4n) is 5.07. The quantitative estimate of drug-likeness (QED) is 0.0366. The van der Waals surface area contributed by atoms with Crippen LogP contribution in [0.3, 0.4) is 0 Å². The largest absolute Gasteiger partial charge is 0.462 e. The summed E-state index contributed by atoms with van der Waals surface area (Å²) in [5.74, 6) is -0.976. The van der Waals surface area contributed by atoms with Gasteiger partial charge < -0.3 is 39.4 Å². The molecule has 1 heterocycles. The van der Waals surface area contributed by atoms with Gasteiger partial charge in [-0.1, -0.05) is 119 Å². The Hall–Kier alpha value is -2.86. The van der Waals surface area contributed by atoms with Gasteiger partial charge in [-0.15, -0.1) is 0 Å². The Kier molecular flexibility index (Phi) is 28.8. The number of hydrogen-bond donors (Lipinski definition) is 4. The fourth-order valence-corrected chi connectivity index (χ4v) is 5.07. The molecule has 6 atom stereocenters. The molecule has 1 aliphatic rings. The molecule has 0 amide bonds. The number of esters is 2. The number of aliphatic hydroxyl groups excluding tert-OH is 4. The van der Waals surface area contributed by atoms with Crippen LogP contribution in [0.2, 0.25) is 0 Å². The van der Waals surface area contributed by atoms with E-state index in [1.165, 1.54) is 12.8 Å². The molecule has 0 aromatic rings. The second-order valence-corrected chi connectivity index (χ2v) is 12.7. The molecule has 290 valence electrons. The molecule has 1 aliphatic heterocycles. The highest BCUT2D eigenvalue weighted by Crippen LogP contribution is 2.22. The zero-order chi connectivity index (χ0) is 37.4. The predicted molar refractivity (Wildman–Crippen MR) is 201 cm³/mol. The first-order chi connectivity index (χ1) is 24.8. The Morgan fingerprint density at radius 3 is 1.82 bits per heavy atom. The van der Waals surface area contributed by atoms with E-state index in [4.69, 9.17) is 18.9 Å².